The van der Waals surface area contributed by atoms with E-state index in [2.05, 4.69) is 5.32 Å². The molecule has 2 rings (SSSR count). The molecule has 1 aromatic carbocycles. The van der Waals surface area contributed by atoms with Crippen LogP contribution in [0.15, 0.2) is 24.3 Å². The van der Waals surface area contributed by atoms with Gasteiger partial charge < -0.3 is 10.4 Å². The Morgan fingerprint density at radius 2 is 2.07 bits per heavy atom. The molecule has 1 aromatic rings. The van der Waals surface area contributed by atoms with Crippen molar-refractivity contribution in [3.63, 3.8) is 0 Å². The van der Waals surface area contributed by atoms with Crippen LogP contribution in [0.1, 0.15) is 13.8 Å². The summed E-state index contributed by atoms with van der Waals surface area (Å²) >= 11 is 0. The van der Waals surface area contributed by atoms with Crippen molar-refractivity contribution in [1.29, 1.82) is 0 Å². The maximum Gasteiger partial charge on any atom is 0.322 e. The van der Waals surface area contributed by atoms with Crippen LogP contribution in [0, 0.1) is 0 Å². The van der Waals surface area contributed by atoms with Gasteiger partial charge in [0, 0.05) is 0 Å². The average molecular weight is 206 g/mol. The molecule has 80 valence electrons. The van der Waals surface area contributed by atoms with Crippen molar-refractivity contribution in [2.75, 3.05) is 11.4 Å². The number of hydrogen-bond donors (Lipinski definition) is 2. The number of hydrogen-bond acceptors (Lipinski definition) is 2. The first-order valence-corrected chi connectivity index (χ1v) is 4.87. The molecule has 1 aliphatic rings. The summed E-state index contributed by atoms with van der Waals surface area (Å²) in [6, 6.07) is 6.68. The van der Waals surface area contributed by atoms with Gasteiger partial charge in [0.1, 0.15) is 5.75 Å². The Labute approximate surface area is 88.5 Å². The maximum atomic E-state index is 11.6. The molecule has 0 saturated carbocycles. The van der Waals surface area contributed by atoms with E-state index in [4.69, 9.17) is 0 Å². The standard InChI is InChI=1S/C11H14N2O2/c1-11(2)7-13(10(15)12-11)8-5-3-4-6-9(8)14/h3-6,14H,7H2,1-2H3,(H,12,15). The lowest BCUT2D eigenvalue weighted by Gasteiger charge is -2.18. The highest BCUT2D eigenvalue weighted by Crippen LogP contribution is 2.30. The van der Waals surface area contributed by atoms with E-state index in [1.54, 1.807) is 29.2 Å². The molecule has 1 saturated heterocycles. The number of carbonyl (C=O) groups is 1. The fraction of sp³-hybridized carbons (Fsp3) is 0.364. The lowest BCUT2D eigenvalue weighted by molar-refractivity contribution is 0.248. The maximum absolute atomic E-state index is 11.6. The zero-order valence-electron chi connectivity index (χ0n) is 8.82. The van der Waals surface area contributed by atoms with Crippen molar-refractivity contribution in [3.05, 3.63) is 24.3 Å². The number of aromatic hydroxyl groups is 1. The number of nitrogens with zero attached hydrogens (tertiary/aromatic N) is 1. The van der Waals surface area contributed by atoms with Gasteiger partial charge >= 0.3 is 6.03 Å². The summed E-state index contributed by atoms with van der Waals surface area (Å²) in [5, 5.41) is 12.5. The number of benzene rings is 1. The Morgan fingerprint density at radius 3 is 2.60 bits per heavy atom. The number of nitrogens with one attached hydrogen (secondary N) is 1. The van der Waals surface area contributed by atoms with E-state index in [-0.39, 0.29) is 17.3 Å². The molecule has 4 heteroatoms. The molecular formula is C11H14N2O2. The Balaban J connectivity index is 2.34. The number of phenolic OH excluding ortho intramolecular Hbond substituents is 1. The molecule has 0 unspecified atom stereocenters. The van der Waals surface area contributed by atoms with Crippen molar-refractivity contribution in [2.45, 2.75) is 19.4 Å². The van der Waals surface area contributed by atoms with E-state index in [0.29, 0.717) is 12.2 Å². The first kappa shape index (κ1) is 9.83. The van der Waals surface area contributed by atoms with Crippen LogP contribution in [-0.2, 0) is 0 Å². The van der Waals surface area contributed by atoms with Crippen LogP contribution in [0.2, 0.25) is 0 Å². The molecule has 2 amide bonds. The first-order valence-electron chi connectivity index (χ1n) is 4.87. The van der Waals surface area contributed by atoms with Gasteiger partial charge in [-0.05, 0) is 26.0 Å². The fourth-order valence-corrected chi connectivity index (χ4v) is 1.75. The second-order valence-electron chi connectivity index (χ2n) is 4.39. The SMILES string of the molecule is CC1(C)CN(c2ccccc2O)C(=O)N1. The third-order valence-electron chi connectivity index (χ3n) is 2.42. The number of anilines is 1. The summed E-state index contributed by atoms with van der Waals surface area (Å²) in [7, 11) is 0. The Kier molecular flexibility index (Phi) is 2.07. The van der Waals surface area contributed by atoms with E-state index in [1.807, 2.05) is 13.8 Å². The minimum Gasteiger partial charge on any atom is -0.506 e. The summed E-state index contributed by atoms with van der Waals surface area (Å²) in [6.07, 6.45) is 0. The molecule has 1 fully saturated rings. The second kappa shape index (κ2) is 3.15. The average Bonchev–Trinajstić information content (AvgIpc) is 2.40. The Hall–Kier alpha value is -1.71. The van der Waals surface area contributed by atoms with Crippen LogP contribution in [-0.4, -0.2) is 23.2 Å². The Bertz CT molecular complexity index is 401. The van der Waals surface area contributed by atoms with Crippen molar-refractivity contribution in [2.24, 2.45) is 0 Å². The van der Waals surface area contributed by atoms with Gasteiger partial charge in [0.2, 0.25) is 0 Å². The highest BCUT2D eigenvalue weighted by atomic mass is 16.3. The van der Waals surface area contributed by atoms with E-state index in [0.717, 1.165) is 0 Å². The summed E-state index contributed by atoms with van der Waals surface area (Å²) in [5.41, 5.74) is 0.305. The number of urea groups is 1. The fourth-order valence-electron chi connectivity index (χ4n) is 1.75. The lowest BCUT2D eigenvalue weighted by atomic mass is 10.1. The van der Waals surface area contributed by atoms with Crippen molar-refractivity contribution in [1.82, 2.24) is 5.32 Å². The van der Waals surface area contributed by atoms with Gasteiger partial charge in [-0.2, -0.15) is 0 Å². The van der Waals surface area contributed by atoms with Crippen molar-refractivity contribution >= 4 is 11.7 Å². The molecule has 4 nitrogen and oxygen atoms in total. The number of carbonyl (C=O) groups excluding carboxylic acids is 1. The molecule has 0 aliphatic carbocycles. The smallest absolute Gasteiger partial charge is 0.322 e. The normalized spacial score (nSPS) is 19.1. The predicted octanol–water partition coefficient (Wildman–Crippen LogP) is 1.70. The third kappa shape index (κ3) is 1.75. The zero-order chi connectivity index (χ0) is 11.1. The number of para-hydroxylation sites is 2. The van der Waals surface area contributed by atoms with Crippen molar-refractivity contribution < 1.29 is 9.90 Å². The minimum absolute atomic E-state index is 0.130. The quantitative estimate of drug-likeness (QED) is 0.734. The zero-order valence-corrected chi connectivity index (χ0v) is 8.82. The molecule has 2 N–H and O–H groups in total. The molecule has 15 heavy (non-hydrogen) atoms. The van der Waals surface area contributed by atoms with Crippen molar-refractivity contribution in [3.8, 4) is 5.75 Å². The topological polar surface area (TPSA) is 52.6 Å². The van der Waals surface area contributed by atoms with Crippen LogP contribution >= 0.6 is 0 Å². The van der Waals surface area contributed by atoms with Crippen LogP contribution < -0.4 is 10.2 Å². The second-order valence-corrected chi connectivity index (χ2v) is 4.39. The van der Waals surface area contributed by atoms with Gasteiger partial charge in [-0.15, -0.1) is 0 Å². The van der Waals surface area contributed by atoms with E-state index < -0.39 is 0 Å². The monoisotopic (exact) mass is 206 g/mol. The molecular weight excluding hydrogens is 192 g/mol. The van der Waals surface area contributed by atoms with E-state index in [9.17, 15) is 9.90 Å². The van der Waals surface area contributed by atoms with Crippen LogP contribution in [0.25, 0.3) is 0 Å². The van der Waals surface area contributed by atoms with Gasteiger partial charge in [0.15, 0.2) is 0 Å². The van der Waals surface area contributed by atoms with Gasteiger partial charge in [0.05, 0.1) is 17.8 Å². The van der Waals surface area contributed by atoms with E-state index in [1.165, 1.54) is 0 Å². The first-order chi connectivity index (χ1) is 6.99. The van der Waals surface area contributed by atoms with Gasteiger partial charge in [-0.25, -0.2) is 4.79 Å². The molecule has 0 radical (unpaired) electrons. The molecule has 0 atom stereocenters. The Morgan fingerprint density at radius 1 is 1.40 bits per heavy atom. The van der Waals surface area contributed by atoms with Gasteiger partial charge in [0.25, 0.3) is 0 Å². The molecule has 0 aromatic heterocycles. The largest absolute Gasteiger partial charge is 0.506 e. The lowest BCUT2D eigenvalue weighted by Crippen LogP contribution is -2.36. The molecule has 0 spiro atoms. The summed E-state index contributed by atoms with van der Waals surface area (Å²) in [5.74, 6) is 0.130. The summed E-state index contributed by atoms with van der Waals surface area (Å²) in [4.78, 5) is 13.2. The highest BCUT2D eigenvalue weighted by molar-refractivity contribution is 5.96. The molecule has 1 aliphatic heterocycles. The van der Waals surface area contributed by atoms with Crippen LogP contribution in [0.5, 0.6) is 5.75 Å². The predicted molar refractivity (Wildman–Crippen MR) is 58.1 cm³/mol. The molecule has 0 bridgehead atoms. The van der Waals surface area contributed by atoms with Crippen LogP contribution in [0.4, 0.5) is 10.5 Å². The van der Waals surface area contributed by atoms with E-state index >= 15 is 0 Å². The number of amides is 2. The van der Waals surface area contributed by atoms with Gasteiger partial charge in [-0.1, -0.05) is 12.1 Å². The van der Waals surface area contributed by atoms with Gasteiger partial charge in [-0.3, -0.25) is 4.90 Å². The number of rotatable bonds is 1. The minimum atomic E-state index is -0.251. The highest BCUT2D eigenvalue weighted by Gasteiger charge is 2.36. The summed E-state index contributed by atoms with van der Waals surface area (Å²) in [6.45, 7) is 4.46. The van der Waals surface area contributed by atoms with Crippen LogP contribution in [0.3, 0.4) is 0 Å². The molecule has 1 heterocycles. The third-order valence-corrected chi connectivity index (χ3v) is 2.42. The number of phenols is 1. The summed E-state index contributed by atoms with van der Waals surface area (Å²) < 4.78 is 0.